The molecule has 3 N–H and O–H groups in total. The molecule has 0 radical (unpaired) electrons. The zero-order valence-electron chi connectivity index (χ0n) is 20.2. The minimum atomic E-state index is -0.0162. The van der Waals surface area contributed by atoms with E-state index in [0.29, 0.717) is 32.0 Å². The highest BCUT2D eigenvalue weighted by atomic mass is 35.5. The topological polar surface area (TPSA) is 60.7 Å². The van der Waals surface area contributed by atoms with E-state index in [1.54, 1.807) is 13.9 Å². The van der Waals surface area contributed by atoms with E-state index in [9.17, 15) is 15.3 Å². The fraction of sp³-hybridized carbons (Fsp3) is 0. The van der Waals surface area contributed by atoms with Gasteiger partial charge in [0.2, 0.25) is 0 Å². The number of benzene rings is 5. The zero-order valence-corrected chi connectivity index (χ0v) is 21.8. The SMILES string of the molecule is Bc1c(-c2cc(-c3ccccc3)cc(-c3ccccc3)c2)c(O)c2sc3cc(Cl)c(O)c(B)c3c2c1O. The summed E-state index contributed by atoms with van der Waals surface area (Å²) in [4.78, 5) is 0. The maximum atomic E-state index is 11.7. The van der Waals surface area contributed by atoms with Crippen LogP contribution in [0, 0.1) is 0 Å². The average Bonchev–Trinajstić information content (AvgIpc) is 3.31. The molecule has 6 aromatic rings. The van der Waals surface area contributed by atoms with Crippen molar-refractivity contribution < 1.29 is 15.3 Å². The van der Waals surface area contributed by atoms with Crippen molar-refractivity contribution in [1.29, 1.82) is 0 Å². The summed E-state index contributed by atoms with van der Waals surface area (Å²) in [5.41, 5.74) is 6.69. The fourth-order valence-electron chi connectivity index (χ4n) is 5.11. The number of phenols is 3. The molecule has 7 heteroatoms. The number of rotatable bonds is 3. The Morgan fingerprint density at radius 2 is 1.11 bits per heavy atom. The van der Waals surface area contributed by atoms with Crippen molar-refractivity contribution in [2.45, 2.75) is 0 Å². The maximum Gasteiger partial charge on any atom is 0.145 e. The number of phenolic OH excluding ortho intramolecular Hbond substituents is 3. The Hall–Kier alpha value is -3.86. The Morgan fingerprint density at radius 1 is 0.568 bits per heavy atom. The maximum absolute atomic E-state index is 11.7. The van der Waals surface area contributed by atoms with Crippen LogP contribution in [0.25, 0.3) is 53.6 Å². The van der Waals surface area contributed by atoms with Crippen LogP contribution in [0.15, 0.2) is 84.9 Å². The van der Waals surface area contributed by atoms with E-state index < -0.39 is 0 Å². The smallest absolute Gasteiger partial charge is 0.145 e. The van der Waals surface area contributed by atoms with Gasteiger partial charge < -0.3 is 15.3 Å². The quantitative estimate of drug-likeness (QED) is 0.219. The largest absolute Gasteiger partial charge is 0.508 e. The third-order valence-corrected chi connectivity index (χ3v) is 8.44. The summed E-state index contributed by atoms with van der Waals surface area (Å²) in [5.74, 6) is 0.175. The summed E-state index contributed by atoms with van der Waals surface area (Å²) in [6.07, 6.45) is 0. The second-order valence-corrected chi connectivity index (χ2v) is 10.7. The van der Waals surface area contributed by atoms with Crippen LogP contribution in [-0.2, 0) is 0 Å². The Labute approximate surface area is 225 Å². The third-order valence-electron chi connectivity index (χ3n) is 7.00. The van der Waals surface area contributed by atoms with Crippen LogP contribution in [0.1, 0.15) is 0 Å². The Bertz CT molecular complexity index is 1780. The van der Waals surface area contributed by atoms with Gasteiger partial charge >= 0.3 is 0 Å². The molecule has 0 aliphatic rings. The van der Waals surface area contributed by atoms with Gasteiger partial charge in [0, 0.05) is 21.0 Å². The molecule has 0 atom stereocenters. The monoisotopic (exact) mass is 518 g/mol. The Morgan fingerprint density at radius 3 is 1.68 bits per heavy atom. The van der Waals surface area contributed by atoms with Crippen LogP contribution >= 0.6 is 22.9 Å². The number of hydrogen-bond donors (Lipinski definition) is 3. The van der Waals surface area contributed by atoms with Crippen LogP contribution in [-0.4, -0.2) is 31.0 Å². The fourth-order valence-corrected chi connectivity index (χ4v) is 6.68. The lowest BCUT2D eigenvalue weighted by Gasteiger charge is -2.16. The first-order valence-electron chi connectivity index (χ1n) is 11.9. The van der Waals surface area contributed by atoms with Gasteiger partial charge in [-0.05, 0) is 63.0 Å². The minimum Gasteiger partial charge on any atom is -0.508 e. The molecule has 0 saturated carbocycles. The molecule has 0 unspecified atom stereocenters. The molecule has 0 bridgehead atoms. The first kappa shape index (κ1) is 23.5. The van der Waals surface area contributed by atoms with E-state index in [-0.39, 0.29) is 22.3 Å². The lowest BCUT2D eigenvalue weighted by atomic mass is 9.81. The zero-order chi connectivity index (χ0) is 25.8. The van der Waals surface area contributed by atoms with Gasteiger partial charge in [-0.1, -0.05) is 72.3 Å². The molecule has 3 nitrogen and oxygen atoms in total. The Balaban J connectivity index is 1.68. The molecule has 0 fully saturated rings. The van der Waals surface area contributed by atoms with E-state index in [1.807, 2.05) is 44.2 Å². The van der Waals surface area contributed by atoms with Gasteiger partial charge in [-0.25, -0.2) is 0 Å². The normalized spacial score (nSPS) is 11.4. The molecule has 1 heterocycles. The first-order valence-corrected chi connectivity index (χ1v) is 13.1. The molecular weight excluding hydrogens is 497 g/mol. The predicted octanol–water partition coefficient (Wildman–Crippen LogP) is 5.34. The van der Waals surface area contributed by atoms with Crippen molar-refractivity contribution in [2.75, 3.05) is 0 Å². The molecule has 0 spiro atoms. The van der Waals surface area contributed by atoms with Gasteiger partial charge in [0.25, 0.3) is 0 Å². The van der Waals surface area contributed by atoms with Crippen LogP contribution in [0.4, 0.5) is 0 Å². The van der Waals surface area contributed by atoms with Crippen molar-refractivity contribution in [3.05, 3.63) is 90.0 Å². The highest BCUT2D eigenvalue weighted by Gasteiger charge is 2.24. The molecule has 0 aliphatic carbocycles. The van der Waals surface area contributed by atoms with E-state index in [1.165, 1.54) is 11.3 Å². The molecule has 0 aliphatic heterocycles. The van der Waals surface area contributed by atoms with Crippen molar-refractivity contribution >= 4 is 69.7 Å². The minimum absolute atomic E-state index is 0.0162. The summed E-state index contributed by atoms with van der Waals surface area (Å²) >= 11 is 7.59. The lowest BCUT2D eigenvalue weighted by Crippen LogP contribution is -2.10. The standard InChI is InChI=1S/C30H21B2ClO3S/c31-25-22(29(36)30-24(28(25)35)23-21(37-30)14-20(33)27(34)26(23)32)19-12-17(15-7-3-1-4-8-15)11-18(13-19)16-9-5-2-6-10-16/h1-14,34-36H,31-32H2. The molecule has 37 heavy (non-hydrogen) atoms. The summed E-state index contributed by atoms with van der Waals surface area (Å²) in [6.45, 7) is 0. The summed E-state index contributed by atoms with van der Waals surface area (Å²) in [7, 11) is 3.58. The van der Waals surface area contributed by atoms with Gasteiger partial charge in [-0.15, -0.1) is 11.3 Å². The van der Waals surface area contributed by atoms with Crippen LogP contribution < -0.4 is 10.9 Å². The van der Waals surface area contributed by atoms with Gasteiger partial charge in [-0.3, -0.25) is 0 Å². The van der Waals surface area contributed by atoms with Crippen LogP contribution in [0.3, 0.4) is 0 Å². The molecule has 0 saturated heterocycles. The summed E-state index contributed by atoms with van der Waals surface area (Å²) in [5, 5.41) is 35.0. The molecule has 5 aromatic carbocycles. The molecule has 1 aromatic heterocycles. The number of fused-ring (bicyclic) bond motifs is 3. The third kappa shape index (κ3) is 3.76. The van der Waals surface area contributed by atoms with Gasteiger partial charge in [0.15, 0.2) is 0 Å². The molecular formula is C30H21B2ClO3S. The lowest BCUT2D eigenvalue weighted by molar-refractivity contribution is 0.475. The summed E-state index contributed by atoms with van der Waals surface area (Å²) in [6, 6.07) is 28.2. The van der Waals surface area contributed by atoms with Crippen molar-refractivity contribution in [2.24, 2.45) is 0 Å². The van der Waals surface area contributed by atoms with Crippen molar-refractivity contribution in [3.63, 3.8) is 0 Å². The van der Waals surface area contributed by atoms with Gasteiger partial charge in [0.05, 0.1) is 9.72 Å². The second kappa shape index (κ2) is 8.91. The number of aromatic hydroxyl groups is 3. The van der Waals surface area contributed by atoms with Crippen LogP contribution in [0.2, 0.25) is 5.02 Å². The highest BCUT2D eigenvalue weighted by Crippen LogP contribution is 2.48. The first-order chi connectivity index (χ1) is 17.8. The van der Waals surface area contributed by atoms with E-state index in [4.69, 9.17) is 11.6 Å². The Kier molecular flexibility index (Phi) is 5.67. The molecule has 178 valence electrons. The van der Waals surface area contributed by atoms with E-state index >= 15 is 0 Å². The average molecular weight is 519 g/mol. The number of hydrogen-bond acceptors (Lipinski definition) is 4. The molecule has 0 amide bonds. The van der Waals surface area contributed by atoms with Crippen molar-refractivity contribution in [1.82, 2.24) is 0 Å². The highest BCUT2D eigenvalue weighted by molar-refractivity contribution is 7.26. The summed E-state index contributed by atoms with van der Waals surface area (Å²) < 4.78 is 1.35. The van der Waals surface area contributed by atoms with Crippen molar-refractivity contribution in [3.8, 4) is 50.6 Å². The second-order valence-electron chi connectivity index (χ2n) is 9.24. The van der Waals surface area contributed by atoms with Gasteiger partial charge in [-0.2, -0.15) is 0 Å². The number of thiophene rings is 1. The molecule has 6 rings (SSSR count). The number of halogens is 1. The van der Waals surface area contributed by atoms with E-state index in [2.05, 4.69) is 42.5 Å². The van der Waals surface area contributed by atoms with E-state index in [0.717, 1.165) is 32.5 Å². The van der Waals surface area contributed by atoms with Crippen LogP contribution in [0.5, 0.6) is 17.2 Å². The van der Waals surface area contributed by atoms with Gasteiger partial charge in [0.1, 0.15) is 32.9 Å². The predicted molar refractivity (Wildman–Crippen MR) is 162 cm³/mol.